The molecule has 3 nitrogen and oxygen atoms in total. The predicted octanol–water partition coefficient (Wildman–Crippen LogP) is 3.08. The Bertz CT molecular complexity index is 434. The second-order valence-corrected chi connectivity index (χ2v) is 6.46. The van der Waals surface area contributed by atoms with Gasteiger partial charge in [-0.3, -0.25) is 0 Å². The standard InChI is InChI=1S/C13H20ClNO2S/c1-2-13(12-8-4-3-5-9-12)15-18(16,17)11-7-6-10-14/h3-5,8-9,13,15H,2,6-7,10-11H2,1H3. The van der Waals surface area contributed by atoms with E-state index in [1.54, 1.807) is 0 Å². The van der Waals surface area contributed by atoms with Gasteiger partial charge in [0.2, 0.25) is 10.0 Å². The Kier molecular flexibility index (Phi) is 6.68. The van der Waals surface area contributed by atoms with Gasteiger partial charge in [0.15, 0.2) is 0 Å². The van der Waals surface area contributed by atoms with Crippen LogP contribution in [-0.2, 0) is 10.0 Å². The van der Waals surface area contributed by atoms with Gasteiger partial charge in [0, 0.05) is 11.9 Å². The highest BCUT2D eigenvalue weighted by molar-refractivity contribution is 7.89. The smallest absolute Gasteiger partial charge is 0.212 e. The zero-order valence-corrected chi connectivity index (χ0v) is 12.2. The van der Waals surface area contributed by atoms with E-state index in [4.69, 9.17) is 11.6 Å². The lowest BCUT2D eigenvalue weighted by molar-refractivity contribution is 0.547. The van der Waals surface area contributed by atoms with Crippen molar-refractivity contribution in [3.63, 3.8) is 0 Å². The Labute approximate surface area is 115 Å². The number of unbranched alkanes of at least 4 members (excludes halogenated alkanes) is 1. The molecule has 0 radical (unpaired) electrons. The van der Waals surface area contributed by atoms with Crippen molar-refractivity contribution in [2.45, 2.75) is 32.2 Å². The van der Waals surface area contributed by atoms with Crippen molar-refractivity contribution in [1.29, 1.82) is 0 Å². The summed E-state index contributed by atoms with van der Waals surface area (Å²) in [5, 5.41) is 0. The molecule has 102 valence electrons. The molecule has 1 aromatic carbocycles. The van der Waals surface area contributed by atoms with E-state index in [2.05, 4.69) is 4.72 Å². The lowest BCUT2D eigenvalue weighted by atomic mass is 10.1. The molecular weight excluding hydrogens is 270 g/mol. The first kappa shape index (κ1) is 15.5. The van der Waals surface area contributed by atoms with E-state index in [1.165, 1.54) is 0 Å². The number of nitrogens with one attached hydrogen (secondary N) is 1. The molecule has 0 aliphatic carbocycles. The molecule has 0 spiro atoms. The molecule has 1 rings (SSSR count). The number of alkyl halides is 1. The second-order valence-electron chi connectivity index (χ2n) is 4.20. The highest BCUT2D eigenvalue weighted by atomic mass is 35.5. The number of hydrogen-bond acceptors (Lipinski definition) is 2. The van der Waals surface area contributed by atoms with Gasteiger partial charge in [-0.05, 0) is 24.8 Å². The summed E-state index contributed by atoms with van der Waals surface area (Å²) in [6.45, 7) is 1.97. The minimum atomic E-state index is -3.22. The van der Waals surface area contributed by atoms with Gasteiger partial charge in [0.05, 0.1) is 5.75 Å². The van der Waals surface area contributed by atoms with Crippen LogP contribution in [0.5, 0.6) is 0 Å². The van der Waals surface area contributed by atoms with Crippen LogP contribution in [0.3, 0.4) is 0 Å². The molecule has 0 amide bonds. The summed E-state index contributed by atoms with van der Waals surface area (Å²) in [6, 6.07) is 9.49. The van der Waals surface area contributed by atoms with Gasteiger partial charge >= 0.3 is 0 Å². The number of hydrogen-bond donors (Lipinski definition) is 1. The molecule has 0 aliphatic rings. The molecule has 1 aromatic rings. The molecule has 0 fully saturated rings. The molecule has 0 saturated heterocycles. The van der Waals surface area contributed by atoms with Crippen molar-refractivity contribution in [1.82, 2.24) is 4.72 Å². The van der Waals surface area contributed by atoms with Crippen LogP contribution in [0.4, 0.5) is 0 Å². The van der Waals surface area contributed by atoms with E-state index in [0.717, 1.165) is 18.4 Å². The number of benzene rings is 1. The van der Waals surface area contributed by atoms with Gasteiger partial charge < -0.3 is 0 Å². The zero-order chi connectivity index (χ0) is 13.4. The normalized spacial score (nSPS) is 13.4. The van der Waals surface area contributed by atoms with Crippen LogP contribution in [0.25, 0.3) is 0 Å². The fraction of sp³-hybridized carbons (Fsp3) is 0.538. The molecule has 1 N–H and O–H groups in total. The first-order valence-corrected chi connectivity index (χ1v) is 8.38. The van der Waals surface area contributed by atoms with E-state index in [1.807, 2.05) is 37.3 Å². The van der Waals surface area contributed by atoms with E-state index >= 15 is 0 Å². The van der Waals surface area contributed by atoms with Crippen LogP contribution in [0.15, 0.2) is 30.3 Å². The van der Waals surface area contributed by atoms with E-state index in [-0.39, 0.29) is 11.8 Å². The maximum absolute atomic E-state index is 11.9. The molecule has 1 unspecified atom stereocenters. The average Bonchev–Trinajstić information content (AvgIpc) is 2.37. The monoisotopic (exact) mass is 289 g/mol. The van der Waals surface area contributed by atoms with E-state index < -0.39 is 10.0 Å². The Morgan fingerprint density at radius 1 is 1.22 bits per heavy atom. The van der Waals surface area contributed by atoms with Crippen molar-refractivity contribution >= 4 is 21.6 Å². The maximum Gasteiger partial charge on any atom is 0.212 e. The third kappa shape index (κ3) is 5.38. The summed E-state index contributed by atoms with van der Waals surface area (Å²) in [5.74, 6) is 0.647. The summed E-state index contributed by atoms with van der Waals surface area (Å²) < 4.78 is 26.5. The lowest BCUT2D eigenvalue weighted by Gasteiger charge is -2.17. The predicted molar refractivity (Wildman–Crippen MR) is 76.4 cm³/mol. The molecular formula is C13H20ClNO2S. The lowest BCUT2D eigenvalue weighted by Crippen LogP contribution is -2.30. The minimum absolute atomic E-state index is 0.142. The molecule has 5 heteroatoms. The van der Waals surface area contributed by atoms with Crippen LogP contribution in [-0.4, -0.2) is 20.1 Å². The Morgan fingerprint density at radius 3 is 2.44 bits per heavy atom. The molecule has 0 heterocycles. The summed E-state index contributed by atoms with van der Waals surface area (Å²) in [7, 11) is -3.22. The van der Waals surface area contributed by atoms with E-state index in [9.17, 15) is 8.42 Å². The molecule has 1 atom stereocenters. The van der Waals surface area contributed by atoms with E-state index in [0.29, 0.717) is 12.3 Å². The molecule has 0 bridgehead atoms. The highest BCUT2D eigenvalue weighted by Gasteiger charge is 2.17. The van der Waals surface area contributed by atoms with Crippen LogP contribution in [0, 0.1) is 0 Å². The van der Waals surface area contributed by atoms with Crippen LogP contribution < -0.4 is 4.72 Å². The molecule has 0 saturated carbocycles. The number of sulfonamides is 1. The fourth-order valence-electron chi connectivity index (χ4n) is 1.73. The second kappa shape index (κ2) is 7.77. The summed E-state index contributed by atoms with van der Waals surface area (Å²) in [6.07, 6.45) is 2.06. The van der Waals surface area contributed by atoms with Crippen molar-refractivity contribution in [3.05, 3.63) is 35.9 Å². The van der Waals surface area contributed by atoms with Gasteiger partial charge in [0.25, 0.3) is 0 Å². The summed E-state index contributed by atoms with van der Waals surface area (Å²) >= 11 is 5.54. The molecule has 0 aromatic heterocycles. The van der Waals surface area contributed by atoms with Crippen LogP contribution >= 0.6 is 11.6 Å². The van der Waals surface area contributed by atoms with Crippen LogP contribution in [0.2, 0.25) is 0 Å². The third-order valence-electron chi connectivity index (χ3n) is 2.73. The Balaban J connectivity index is 2.63. The van der Waals surface area contributed by atoms with Crippen LogP contribution in [0.1, 0.15) is 37.8 Å². The van der Waals surface area contributed by atoms with Gasteiger partial charge in [0.1, 0.15) is 0 Å². The van der Waals surface area contributed by atoms with Gasteiger partial charge in [-0.15, -0.1) is 11.6 Å². The quantitative estimate of drug-likeness (QED) is 0.590. The maximum atomic E-state index is 11.9. The van der Waals surface area contributed by atoms with Crippen molar-refractivity contribution in [2.24, 2.45) is 0 Å². The van der Waals surface area contributed by atoms with Crippen molar-refractivity contribution in [3.8, 4) is 0 Å². The van der Waals surface area contributed by atoms with Crippen molar-refractivity contribution in [2.75, 3.05) is 11.6 Å². The average molecular weight is 290 g/mol. The van der Waals surface area contributed by atoms with Crippen molar-refractivity contribution < 1.29 is 8.42 Å². The SMILES string of the molecule is CCC(NS(=O)(=O)CCCCCl)c1ccccc1. The fourth-order valence-corrected chi connectivity index (χ4v) is 3.36. The topological polar surface area (TPSA) is 46.2 Å². The number of rotatable bonds is 8. The Hall–Kier alpha value is -0.580. The summed E-state index contributed by atoms with van der Waals surface area (Å²) in [5.41, 5.74) is 1.00. The first-order valence-electron chi connectivity index (χ1n) is 6.20. The number of halogens is 1. The van der Waals surface area contributed by atoms with Gasteiger partial charge in [-0.1, -0.05) is 37.3 Å². The van der Waals surface area contributed by atoms with Gasteiger partial charge in [-0.2, -0.15) is 0 Å². The third-order valence-corrected chi connectivity index (χ3v) is 4.47. The highest BCUT2D eigenvalue weighted by Crippen LogP contribution is 2.17. The minimum Gasteiger partial charge on any atom is -0.212 e. The first-order chi connectivity index (χ1) is 8.59. The van der Waals surface area contributed by atoms with Gasteiger partial charge in [-0.25, -0.2) is 13.1 Å². The largest absolute Gasteiger partial charge is 0.212 e. The molecule has 0 aliphatic heterocycles. The zero-order valence-electron chi connectivity index (χ0n) is 10.6. The summed E-state index contributed by atoms with van der Waals surface area (Å²) in [4.78, 5) is 0. The molecule has 18 heavy (non-hydrogen) atoms. The Morgan fingerprint density at radius 2 is 1.89 bits per heavy atom.